The summed E-state index contributed by atoms with van der Waals surface area (Å²) in [4.78, 5) is 10.8. The zero-order valence-corrected chi connectivity index (χ0v) is 20.2. The number of aryl methyl sites for hydroxylation is 2. The third-order valence-electron chi connectivity index (χ3n) is 4.62. The smallest absolute Gasteiger partial charge is 0.303 e. The number of carboxylic acids is 1. The highest BCUT2D eigenvalue weighted by Gasteiger charge is 2.11. The van der Waals surface area contributed by atoms with Crippen LogP contribution in [0.5, 0.6) is 17.4 Å². The Labute approximate surface area is 202 Å². The second-order valence-electron chi connectivity index (χ2n) is 7.80. The summed E-state index contributed by atoms with van der Waals surface area (Å²) >= 11 is 12.2. The van der Waals surface area contributed by atoms with Gasteiger partial charge in [0.25, 0.3) is 0 Å². The van der Waals surface area contributed by atoms with E-state index in [1.807, 2.05) is 32.0 Å². The van der Waals surface area contributed by atoms with Gasteiger partial charge in [0, 0.05) is 23.8 Å². The molecule has 0 aliphatic heterocycles. The number of aliphatic carboxylic acids is 1. The number of hydrogen-bond donors (Lipinski definition) is 1. The van der Waals surface area contributed by atoms with Gasteiger partial charge in [0.1, 0.15) is 24.7 Å². The summed E-state index contributed by atoms with van der Waals surface area (Å²) in [5.41, 5.74) is 2.56. The Morgan fingerprint density at radius 3 is 2.39 bits per heavy atom. The van der Waals surface area contributed by atoms with Gasteiger partial charge in [-0.2, -0.15) is 0 Å². The van der Waals surface area contributed by atoms with Gasteiger partial charge < -0.3 is 19.3 Å². The number of carbonyl (C=O) groups is 1. The van der Waals surface area contributed by atoms with Gasteiger partial charge in [-0.3, -0.25) is 9.48 Å². The van der Waals surface area contributed by atoms with Gasteiger partial charge in [0.2, 0.25) is 5.88 Å². The van der Waals surface area contributed by atoms with E-state index in [-0.39, 0.29) is 25.7 Å². The predicted molar refractivity (Wildman–Crippen MR) is 126 cm³/mol. The van der Waals surface area contributed by atoms with Crippen molar-refractivity contribution >= 4 is 29.2 Å². The van der Waals surface area contributed by atoms with Gasteiger partial charge in [0.05, 0.1) is 17.5 Å². The Hall–Kier alpha value is -2.90. The number of benzene rings is 2. The molecule has 0 bridgehead atoms. The lowest BCUT2D eigenvalue weighted by atomic mass is 10.1. The lowest BCUT2D eigenvalue weighted by Crippen LogP contribution is -2.07. The number of ether oxygens (including phenoxy) is 3. The molecule has 9 heteroatoms. The molecule has 1 aromatic heterocycles. The minimum atomic E-state index is -0.852. The van der Waals surface area contributed by atoms with Gasteiger partial charge in [-0.1, -0.05) is 23.2 Å². The lowest BCUT2D eigenvalue weighted by molar-refractivity contribution is -0.136. The van der Waals surface area contributed by atoms with Crippen molar-refractivity contribution in [2.75, 3.05) is 0 Å². The number of carboxylic acid groups (broad SMARTS) is 1. The van der Waals surface area contributed by atoms with E-state index in [1.54, 1.807) is 36.0 Å². The molecule has 0 radical (unpaired) electrons. The summed E-state index contributed by atoms with van der Waals surface area (Å²) in [7, 11) is 1.76. The highest BCUT2D eigenvalue weighted by Crippen LogP contribution is 2.29. The third kappa shape index (κ3) is 7.58. The van der Waals surface area contributed by atoms with Crippen LogP contribution < -0.4 is 14.2 Å². The van der Waals surface area contributed by atoms with Gasteiger partial charge in [0.15, 0.2) is 0 Å². The molecule has 1 heterocycles. The summed E-state index contributed by atoms with van der Waals surface area (Å²) in [5.74, 6) is 0.820. The van der Waals surface area contributed by atoms with Crippen molar-refractivity contribution in [2.24, 2.45) is 7.05 Å². The van der Waals surface area contributed by atoms with Crippen molar-refractivity contribution in [1.29, 1.82) is 0 Å². The summed E-state index contributed by atoms with van der Waals surface area (Å²) < 4.78 is 19.2. The second kappa shape index (κ2) is 11.3. The summed E-state index contributed by atoms with van der Waals surface area (Å²) in [6.07, 6.45) is 0.427. The number of aromatic nitrogens is 2. The van der Waals surface area contributed by atoms with E-state index in [1.165, 1.54) is 0 Å². The van der Waals surface area contributed by atoms with E-state index < -0.39 is 5.97 Å². The Balaban J connectivity index is 1.71. The summed E-state index contributed by atoms with van der Waals surface area (Å²) in [5, 5.41) is 14.2. The quantitative estimate of drug-likeness (QED) is 0.370. The zero-order valence-electron chi connectivity index (χ0n) is 18.7. The van der Waals surface area contributed by atoms with Crippen molar-refractivity contribution in [3.8, 4) is 17.4 Å². The third-order valence-corrected chi connectivity index (χ3v) is 5.15. The van der Waals surface area contributed by atoms with E-state index in [4.69, 9.17) is 42.5 Å². The minimum Gasteiger partial charge on any atom is -0.491 e. The van der Waals surface area contributed by atoms with Crippen LogP contribution in [0.1, 0.15) is 37.1 Å². The fraction of sp³-hybridized carbons (Fsp3) is 0.333. The van der Waals surface area contributed by atoms with Gasteiger partial charge >= 0.3 is 5.97 Å². The van der Waals surface area contributed by atoms with E-state index >= 15 is 0 Å². The molecule has 0 saturated heterocycles. The van der Waals surface area contributed by atoms with E-state index in [0.717, 1.165) is 16.8 Å². The number of hydrogen-bond acceptors (Lipinski definition) is 5. The highest BCUT2D eigenvalue weighted by atomic mass is 35.5. The first-order valence-electron chi connectivity index (χ1n) is 10.4. The molecule has 176 valence electrons. The zero-order chi connectivity index (χ0) is 24.0. The monoisotopic (exact) mass is 492 g/mol. The van der Waals surface area contributed by atoms with E-state index in [0.29, 0.717) is 33.8 Å². The summed E-state index contributed by atoms with van der Waals surface area (Å²) in [6.45, 7) is 4.46. The molecule has 0 spiro atoms. The SMILES string of the molecule is CC(C)Oc1cc(COc2cc(CCC(=O)O)n(C)n2)cc(COc2ccc(Cl)cc2Cl)c1. The standard InChI is InChI=1S/C24H26Cl2N2O5/c1-15(2)33-20-9-16(13-31-22-6-4-18(25)11-21(22)26)8-17(10-20)14-32-23-12-19(28(3)27-23)5-7-24(29)30/h4,6,8-12,15H,5,7,13-14H2,1-3H3,(H,29,30). The lowest BCUT2D eigenvalue weighted by Gasteiger charge is -2.15. The van der Waals surface area contributed by atoms with Crippen LogP contribution in [0.3, 0.4) is 0 Å². The first-order valence-corrected chi connectivity index (χ1v) is 11.2. The van der Waals surface area contributed by atoms with Crippen LogP contribution in [0.25, 0.3) is 0 Å². The van der Waals surface area contributed by atoms with Crippen molar-refractivity contribution < 1.29 is 24.1 Å². The molecular formula is C24H26Cl2N2O5. The average Bonchev–Trinajstić information content (AvgIpc) is 3.09. The molecule has 0 fully saturated rings. The largest absolute Gasteiger partial charge is 0.491 e. The molecule has 1 N–H and O–H groups in total. The van der Waals surface area contributed by atoms with Crippen LogP contribution in [-0.4, -0.2) is 27.0 Å². The van der Waals surface area contributed by atoms with E-state index in [9.17, 15) is 4.79 Å². The molecule has 0 aliphatic rings. The molecular weight excluding hydrogens is 467 g/mol. The fourth-order valence-corrected chi connectivity index (χ4v) is 3.63. The fourth-order valence-electron chi connectivity index (χ4n) is 3.16. The van der Waals surface area contributed by atoms with Gasteiger partial charge in [-0.15, -0.1) is 5.10 Å². The number of nitrogens with zero attached hydrogens (tertiary/aromatic N) is 2. The number of rotatable bonds is 11. The van der Waals surface area contributed by atoms with Crippen molar-refractivity contribution in [3.05, 3.63) is 69.3 Å². The maximum absolute atomic E-state index is 10.8. The highest BCUT2D eigenvalue weighted by molar-refractivity contribution is 6.35. The minimum absolute atomic E-state index is 0.00762. The molecule has 3 rings (SSSR count). The molecule has 0 atom stereocenters. The first-order chi connectivity index (χ1) is 15.7. The van der Waals surface area contributed by atoms with Crippen molar-refractivity contribution in [2.45, 2.75) is 46.0 Å². The molecule has 2 aromatic carbocycles. The van der Waals surface area contributed by atoms with E-state index in [2.05, 4.69) is 5.10 Å². The van der Waals surface area contributed by atoms with Crippen LogP contribution in [-0.2, 0) is 31.5 Å². The molecule has 33 heavy (non-hydrogen) atoms. The van der Waals surface area contributed by atoms with Crippen LogP contribution in [0, 0.1) is 0 Å². The van der Waals surface area contributed by atoms with Gasteiger partial charge in [-0.05, 0) is 67.8 Å². The number of halogens is 2. The molecule has 7 nitrogen and oxygen atoms in total. The average molecular weight is 493 g/mol. The normalized spacial score (nSPS) is 11.0. The molecule has 3 aromatic rings. The Morgan fingerprint density at radius 1 is 1.06 bits per heavy atom. The Morgan fingerprint density at radius 2 is 1.76 bits per heavy atom. The maximum Gasteiger partial charge on any atom is 0.303 e. The topological polar surface area (TPSA) is 82.8 Å². The second-order valence-corrected chi connectivity index (χ2v) is 8.64. The molecule has 0 aliphatic carbocycles. The van der Waals surface area contributed by atoms with Crippen LogP contribution in [0.4, 0.5) is 0 Å². The van der Waals surface area contributed by atoms with Crippen molar-refractivity contribution in [3.63, 3.8) is 0 Å². The Kier molecular flexibility index (Phi) is 8.47. The Bertz CT molecular complexity index is 1110. The maximum atomic E-state index is 10.8. The van der Waals surface area contributed by atoms with Crippen molar-refractivity contribution in [1.82, 2.24) is 9.78 Å². The predicted octanol–water partition coefficient (Wildman–Crippen LogP) is 5.69. The molecule has 0 amide bonds. The molecule has 0 saturated carbocycles. The van der Waals surface area contributed by atoms with Crippen LogP contribution in [0.2, 0.25) is 10.0 Å². The summed E-state index contributed by atoms with van der Waals surface area (Å²) in [6, 6.07) is 12.6. The van der Waals surface area contributed by atoms with Crippen LogP contribution >= 0.6 is 23.2 Å². The van der Waals surface area contributed by atoms with Crippen LogP contribution in [0.15, 0.2) is 42.5 Å². The first kappa shape index (κ1) is 24.7. The van der Waals surface area contributed by atoms with Gasteiger partial charge in [-0.25, -0.2) is 0 Å². The molecule has 0 unspecified atom stereocenters.